The van der Waals surface area contributed by atoms with E-state index < -0.39 is 0 Å². The van der Waals surface area contributed by atoms with Gasteiger partial charge in [0.25, 0.3) is 5.89 Å². The number of hydrogen-bond acceptors (Lipinski definition) is 5. The van der Waals surface area contributed by atoms with Crippen LogP contribution < -0.4 is 10.6 Å². The SMILES string of the molecule is CCc1noc(-c2ccc(CCNC(=O)NCC3CCCO3)cc2)n1. The number of nitrogens with zero attached hydrogens (tertiary/aromatic N) is 2. The molecule has 2 aromatic rings. The number of carbonyl (C=O) groups excluding carboxylic acids is 1. The van der Waals surface area contributed by atoms with Gasteiger partial charge in [0.1, 0.15) is 0 Å². The van der Waals surface area contributed by atoms with Crippen molar-refractivity contribution in [3.05, 3.63) is 35.7 Å². The average molecular weight is 344 g/mol. The van der Waals surface area contributed by atoms with Crippen molar-refractivity contribution in [1.29, 1.82) is 0 Å². The van der Waals surface area contributed by atoms with Crippen molar-refractivity contribution in [2.75, 3.05) is 19.7 Å². The van der Waals surface area contributed by atoms with E-state index in [0.29, 0.717) is 24.8 Å². The minimum absolute atomic E-state index is 0.148. The number of hydrogen-bond donors (Lipinski definition) is 2. The van der Waals surface area contributed by atoms with E-state index in [1.54, 1.807) is 0 Å². The third kappa shape index (κ3) is 5.03. The summed E-state index contributed by atoms with van der Waals surface area (Å²) in [7, 11) is 0. The first-order chi connectivity index (χ1) is 12.2. The molecule has 1 aliphatic heterocycles. The maximum atomic E-state index is 11.8. The first kappa shape index (κ1) is 17.4. The third-order valence-electron chi connectivity index (χ3n) is 4.20. The van der Waals surface area contributed by atoms with Crippen LogP contribution in [0.3, 0.4) is 0 Å². The lowest BCUT2D eigenvalue weighted by Crippen LogP contribution is -2.40. The lowest BCUT2D eigenvalue weighted by Gasteiger charge is -2.11. The minimum Gasteiger partial charge on any atom is -0.376 e. The van der Waals surface area contributed by atoms with Crippen LogP contribution in [0.15, 0.2) is 28.8 Å². The van der Waals surface area contributed by atoms with E-state index >= 15 is 0 Å². The Balaban J connectivity index is 1.40. The standard InChI is InChI=1S/C18H24N4O3/c1-2-16-21-17(25-22-16)14-7-5-13(6-8-14)9-10-19-18(23)20-12-15-4-3-11-24-15/h5-8,15H,2-4,9-12H2,1H3,(H2,19,20,23). The quantitative estimate of drug-likeness (QED) is 0.804. The van der Waals surface area contributed by atoms with E-state index in [-0.39, 0.29) is 12.1 Å². The van der Waals surface area contributed by atoms with E-state index in [4.69, 9.17) is 9.26 Å². The molecule has 3 rings (SSSR count). The van der Waals surface area contributed by atoms with Crippen molar-refractivity contribution in [1.82, 2.24) is 20.8 Å². The molecule has 0 spiro atoms. The van der Waals surface area contributed by atoms with Crippen LogP contribution in [0.4, 0.5) is 4.79 Å². The summed E-state index contributed by atoms with van der Waals surface area (Å²) >= 11 is 0. The number of aromatic nitrogens is 2. The molecule has 1 fully saturated rings. The molecule has 2 N–H and O–H groups in total. The van der Waals surface area contributed by atoms with Crippen LogP contribution in [0, 0.1) is 0 Å². The number of urea groups is 1. The Morgan fingerprint density at radius 3 is 2.80 bits per heavy atom. The fraction of sp³-hybridized carbons (Fsp3) is 0.500. The highest BCUT2D eigenvalue weighted by Crippen LogP contribution is 2.18. The zero-order valence-corrected chi connectivity index (χ0v) is 14.5. The fourth-order valence-electron chi connectivity index (χ4n) is 2.72. The van der Waals surface area contributed by atoms with E-state index in [1.165, 1.54) is 0 Å². The van der Waals surface area contributed by atoms with Crippen molar-refractivity contribution in [3.63, 3.8) is 0 Å². The van der Waals surface area contributed by atoms with Gasteiger partial charge in [-0.3, -0.25) is 0 Å². The van der Waals surface area contributed by atoms with Crippen molar-refractivity contribution in [2.45, 2.75) is 38.7 Å². The van der Waals surface area contributed by atoms with Gasteiger partial charge in [-0.2, -0.15) is 4.98 Å². The number of benzene rings is 1. The minimum atomic E-state index is -0.148. The number of amides is 2. The maximum absolute atomic E-state index is 11.8. The van der Waals surface area contributed by atoms with Gasteiger partial charge in [0.15, 0.2) is 5.82 Å². The maximum Gasteiger partial charge on any atom is 0.314 e. The molecule has 1 unspecified atom stereocenters. The summed E-state index contributed by atoms with van der Waals surface area (Å²) in [5.74, 6) is 1.24. The molecule has 0 aliphatic carbocycles. The Hall–Kier alpha value is -2.41. The molecular weight excluding hydrogens is 320 g/mol. The lowest BCUT2D eigenvalue weighted by atomic mass is 10.1. The van der Waals surface area contributed by atoms with Crippen molar-refractivity contribution < 1.29 is 14.1 Å². The zero-order valence-electron chi connectivity index (χ0n) is 14.5. The zero-order chi connectivity index (χ0) is 17.5. The Morgan fingerprint density at radius 1 is 1.28 bits per heavy atom. The Morgan fingerprint density at radius 2 is 2.12 bits per heavy atom. The van der Waals surface area contributed by atoms with Gasteiger partial charge in [-0.25, -0.2) is 4.79 Å². The van der Waals surface area contributed by atoms with Crippen LogP contribution in [0.5, 0.6) is 0 Å². The lowest BCUT2D eigenvalue weighted by molar-refractivity contribution is 0.111. The number of nitrogens with one attached hydrogen (secondary N) is 2. The van der Waals surface area contributed by atoms with E-state index in [9.17, 15) is 4.79 Å². The Kier molecular flexibility index (Phi) is 6.00. The predicted octanol–water partition coefficient (Wildman–Crippen LogP) is 2.32. The highest BCUT2D eigenvalue weighted by Gasteiger charge is 2.15. The molecule has 0 saturated carbocycles. The Bertz CT molecular complexity index is 678. The topological polar surface area (TPSA) is 89.3 Å². The molecule has 2 heterocycles. The number of ether oxygens (including phenoxy) is 1. The molecule has 1 saturated heterocycles. The molecule has 1 atom stereocenters. The van der Waals surface area contributed by atoms with Crippen LogP contribution in [-0.2, 0) is 17.6 Å². The van der Waals surface area contributed by atoms with Crippen LogP contribution in [0.25, 0.3) is 11.5 Å². The average Bonchev–Trinajstić information content (AvgIpc) is 3.32. The summed E-state index contributed by atoms with van der Waals surface area (Å²) < 4.78 is 10.7. The van der Waals surface area contributed by atoms with Crippen molar-refractivity contribution in [3.8, 4) is 11.5 Å². The molecular formula is C18H24N4O3. The van der Waals surface area contributed by atoms with Gasteiger partial charge < -0.3 is 19.9 Å². The summed E-state index contributed by atoms with van der Waals surface area (Å²) in [6.45, 7) is 3.94. The number of rotatable bonds is 7. The van der Waals surface area contributed by atoms with Gasteiger partial charge in [0.2, 0.25) is 0 Å². The van der Waals surface area contributed by atoms with Crippen LogP contribution in [0.2, 0.25) is 0 Å². The molecule has 7 heteroatoms. The van der Waals surface area contributed by atoms with E-state index in [2.05, 4.69) is 20.8 Å². The first-order valence-electron chi connectivity index (χ1n) is 8.80. The Labute approximate surface area is 147 Å². The van der Waals surface area contributed by atoms with Gasteiger partial charge in [-0.1, -0.05) is 24.2 Å². The van der Waals surface area contributed by atoms with Gasteiger partial charge in [0, 0.05) is 31.7 Å². The number of aryl methyl sites for hydroxylation is 1. The second-order valence-corrected chi connectivity index (χ2v) is 6.09. The summed E-state index contributed by atoms with van der Waals surface area (Å²) in [5.41, 5.74) is 2.04. The second kappa shape index (κ2) is 8.62. The largest absolute Gasteiger partial charge is 0.376 e. The van der Waals surface area contributed by atoms with Crippen LogP contribution >= 0.6 is 0 Å². The van der Waals surface area contributed by atoms with Gasteiger partial charge in [0.05, 0.1) is 6.10 Å². The number of carbonyl (C=O) groups is 1. The second-order valence-electron chi connectivity index (χ2n) is 6.09. The van der Waals surface area contributed by atoms with Crippen molar-refractivity contribution in [2.24, 2.45) is 0 Å². The third-order valence-corrected chi connectivity index (χ3v) is 4.20. The highest BCUT2D eigenvalue weighted by atomic mass is 16.5. The summed E-state index contributed by atoms with van der Waals surface area (Å²) in [6.07, 6.45) is 3.77. The van der Waals surface area contributed by atoms with E-state index in [0.717, 1.165) is 43.4 Å². The fourth-order valence-corrected chi connectivity index (χ4v) is 2.72. The highest BCUT2D eigenvalue weighted by molar-refractivity contribution is 5.73. The van der Waals surface area contributed by atoms with Crippen molar-refractivity contribution >= 4 is 6.03 Å². The molecule has 1 aromatic heterocycles. The first-order valence-corrected chi connectivity index (χ1v) is 8.80. The summed E-state index contributed by atoms with van der Waals surface area (Å²) in [4.78, 5) is 16.1. The smallest absolute Gasteiger partial charge is 0.314 e. The molecule has 25 heavy (non-hydrogen) atoms. The summed E-state index contributed by atoms with van der Waals surface area (Å²) in [5, 5.41) is 9.61. The van der Waals surface area contributed by atoms with Gasteiger partial charge >= 0.3 is 6.03 Å². The molecule has 7 nitrogen and oxygen atoms in total. The molecule has 1 aromatic carbocycles. The van der Waals surface area contributed by atoms with Gasteiger partial charge in [-0.05, 0) is 37.0 Å². The molecule has 2 amide bonds. The van der Waals surface area contributed by atoms with Crippen LogP contribution in [-0.4, -0.2) is 42.0 Å². The van der Waals surface area contributed by atoms with Gasteiger partial charge in [-0.15, -0.1) is 0 Å². The predicted molar refractivity (Wildman–Crippen MR) is 93.2 cm³/mol. The molecule has 1 aliphatic rings. The van der Waals surface area contributed by atoms with E-state index in [1.807, 2.05) is 31.2 Å². The summed E-state index contributed by atoms with van der Waals surface area (Å²) in [6, 6.07) is 7.79. The normalized spacial score (nSPS) is 16.8. The monoisotopic (exact) mass is 344 g/mol. The molecule has 0 bridgehead atoms. The molecule has 0 radical (unpaired) electrons. The molecule has 134 valence electrons. The van der Waals surface area contributed by atoms with Crippen LogP contribution in [0.1, 0.15) is 31.2 Å².